The zero-order valence-electron chi connectivity index (χ0n) is 10.2. The third-order valence-electron chi connectivity index (χ3n) is 2.34. The summed E-state index contributed by atoms with van der Waals surface area (Å²) in [6.07, 6.45) is -7.57. The fraction of sp³-hybridized carbons (Fsp3) is 0.417. The lowest BCUT2D eigenvalue weighted by Gasteiger charge is -2.16. The summed E-state index contributed by atoms with van der Waals surface area (Å²) in [4.78, 5) is 10.9. The van der Waals surface area contributed by atoms with E-state index >= 15 is 0 Å². The molecule has 1 unspecified atom stereocenters. The first kappa shape index (κ1) is 15.3. The lowest BCUT2D eigenvalue weighted by atomic mass is 10.2. The van der Waals surface area contributed by atoms with Crippen LogP contribution >= 0.6 is 0 Å². The third-order valence-corrected chi connectivity index (χ3v) is 2.34. The lowest BCUT2D eigenvalue weighted by Crippen LogP contribution is -2.35. The maximum Gasteiger partial charge on any atom is 0.392 e. The Kier molecular flexibility index (Phi) is 5.17. The van der Waals surface area contributed by atoms with E-state index in [1.54, 1.807) is 24.3 Å². The summed E-state index contributed by atoms with van der Waals surface area (Å²) >= 11 is 0. The topological polar surface area (TPSA) is 61.6 Å². The average Bonchev–Trinajstić information content (AvgIpc) is 2.33. The maximum atomic E-state index is 12.2. The van der Waals surface area contributed by atoms with Crippen LogP contribution in [0.15, 0.2) is 24.3 Å². The minimum absolute atomic E-state index is 0.131. The Morgan fingerprint density at radius 3 is 2.32 bits per heavy atom. The second-order valence-electron chi connectivity index (χ2n) is 3.87. The molecule has 0 aliphatic heterocycles. The first-order valence-corrected chi connectivity index (χ1v) is 5.42. The second kappa shape index (κ2) is 6.42. The summed E-state index contributed by atoms with van der Waals surface area (Å²) < 4.78 is 46.4. The monoisotopic (exact) mass is 277 g/mol. The number of hydrogen-bond acceptors (Lipinski definition) is 3. The van der Waals surface area contributed by atoms with E-state index in [1.165, 1.54) is 7.11 Å². The first-order chi connectivity index (χ1) is 8.81. The van der Waals surface area contributed by atoms with Crippen LogP contribution in [0.4, 0.5) is 13.2 Å². The number of nitrogens with two attached hydrogens (primary N) is 1. The molecule has 19 heavy (non-hydrogen) atoms. The zero-order chi connectivity index (χ0) is 14.5. The van der Waals surface area contributed by atoms with E-state index in [0.29, 0.717) is 11.3 Å². The van der Waals surface area contributed by atoms with Crippen molar-refractivity contribution in [3.8, 4) is 5.75 Å². The summed E-state index contributed by atoms with van der Waals surface area (Å²) in [6, 6.07) is 6.54. The Morgan fingerprint density at radius 2 is 1.89 bits per heavy atom. The normalized spacial score (nSPS) is 13.1. The Balaban J connectivity index is 2.58. The highest BCUT2D eigenvalue weighted by molar-refractivity contribution is 5.78. The van der Waals surface area contributed by atoms with Gasteiger partial charge < -0.3 is 15.2 Å². The number of rotatable bonds is 6. The Labute approximate surface area is 108 Å². The molecular weight excluding hydrogens is 263 g/mol. The zero-order valence-corrected chi connectivity index (χ0v) is 10.2. The van der Waals surface area contributed by atoms with E-state index in [4.69, 9.17) is 15.2 Å². The molecule has 0 bridgehead atoms. The van der Waals surface area contributed by atoms with Gasteiger partial charge in [-0.25, -0.2) is 0 Å². The van der Waals surface area contributed by atoms with Crippen LogP contribution in [0.1, 0.15) is 12.0 Å². The van der Waals surface area contributed by atoms with Crippen molar-refractivity contribution in [2.24, 2.45) is 5.73 Å². The third kappa shape index (κ3) is 5.60. The van der Waals surface area contributed by atoms with E-state index in [1.807, 2.05) is 0 Å². The minimum atomic E-state index is -4.50. The molecule has 0 saturated heterocycles. The number of carbonyl (C=O) groups excluding carboxylic acids is 1. The van der Waals surface area contributed by atoms with Crippen LogP contribution in [-0.2, 0) is 16.1 Å². The van der Waals surface area contributed by atoms with Crippen molar-refractivity contribution in [3.63, 3.8) is 0 Å². The molecule has 106 valence electrons. The summed E-state index contributed by atoms with van der Waals surface area (Å²) in [5, 5.41) is 0. The lowest BCUT2D eigenvalue weighted by molar-refractivity contribution is -0.170. The summed E-state index contributed by atoms with van der Waals surface area (Å²) in [6.45, 7) is -0.131. The fourth-order valence-corrected chi connectivity index (χ4v) is 1.37. The average molecular weight is 277 g/mol. The van der Waals surface area contributed by atoms with Crippen molar-refractivity contribution in [1.82, 2.24) is 0 Å². The number of benzene rings is 1. The minimum Gasteiger partial charge on any atom is -0.497 e. The molecule has 0 fully saturated rings. The van der Waals surface area contributed by atoms with Crippen molar-refractivity contribution in [1.29, 1.82) is 0 Å². The van der Waals surface area contributed by atoms with Gasteiger partial charge in [-0.2, -0.15) is 13.2 Å². The summed E-state index contributed by atoms with van der Waals surface area (Å²) in [5.74, 6) is -0.517. The molecule has 0 radical (unpaired) electrons. The molecule has 0 saturated carbocycles. The van der Waals surface area contributed by atoms with E-state index in [-0.39, 0.29) is 6.61 Å². The van der Waals surface area contributed by atoms with E-state index in [9.17, 15) is 18.0 Å². The molecule has 0 heterocycles. The number of methoxy groups -OCH3 is 1. The number of amides is 1. The highest BCUT2D eigenvalue weighted by Gasteiger charge is 2.35. The van der Waals surface area contributed by atoms with Crippen LogP contribution in [0.2, 0.25) is 0 Å². The molecule has 2 N–H and O–H groups in total. The van der Waals surface area contributed by atoms with Crippen LogP contribution in [0, 0.1) is 0 Å². The number of primary amides is 1. The van der Waals surface area contributed by atoms with Crippen LogP contribution in [-0.4, -0.2) is 25.3 Å². The van der Waals surface area contributed by atoms with E-state index < -0.39 is 24.6 Å². The van der Waals surface area contributed by atoms with Crippen molar-refractivity contribution < 1.29 is 27.4 Å². The molecule has 0 aliphatic rings. The SMILES string of the molecule is COc1ccc(COC(CC(F)(F)F)C(N)=O)cc1. The van der Waals surface area contributed by atoms with Crippen molar-refractivity contribution in [2.75, 3.05) is 7.11 Å². The highest BCUT2D eigenvalue weighted by Crippen LogP contribution is 2.23. The van der Waals surface area contributed by atoms with E-state index in [0.717, 1.165) is 0 Å². The molecule has 1 aromatic rings. The smallest absolute Gasteiger partial charge is 0.392 e. The number of ether oxygens (including phenoxy) is 2. The highest BCUT2D eigenvalue weighted by atomic mass is 19.4. The molecule has 4 nitrogen and oxygen atoms in total. The summed E-state index contributed by atoms with van der Waals surface area (Å²) in [7, 11) is 1.50. The predicted octanol–water partition coefficient (Wildman–Crippen LogP) is 2.02. The van der Waals surface area contributed by atoms with Gasteiger partial charge in [0.1, 0.15) is 11.9 Å². The molecule has 0 spiro atoms. The predicted molar refractivity (Wildman–Crippen MR) is 61.4 cm³/mol. The van der Waals surface area contributed by atoms with Gasteiger partial charge >= 0.3 is 6.18 Å². The van der Waals surface area contributed by atoms with E-state index in [2.05, 4.69) is 0 Å². The van der Waals surface area contributed by atoms with Crippen molar-refractivity contribution in [3.05, 3.63) is 29.8 Å². The van der Waals surface area contributed by atoms with Gasteiger partial charge in [0.2, 0.25) is 5.91 Å². The van der Waals surface area contributed by atoms with Crippen LogP contribution in [0.5, 0.6) is 5.75 Å². The van der Waals surface area contributed by atoms with Gasteiger partial charge in [0.25, 0.3) is 0 Å². The van der Waals surface area contributed by atoms with Gasteiger partial charge in [0, 0.05) is 0 Å². The molecule has 1 rings (SSSR count). The second-order valence-corrected chi connectivity index (χ2v) is 3.87. The van der Waals surface area contributed by atoms with Gasteiger partial charge in [-0.15, -0.1) is 0 Å². The molecule has 1 amide bonds. The molecule has 0 aliphatic carbocycles. The van der Waals surface area contributed by atoms with Crippen molar-refractivity contribution in [2.45, 2.75) is 25.3 Å². The fourth-order valence-electron chi connectivity index (χ4n) is 1.37. The number of halogens is 3. The summed E-state index contributed by atoms with van der Waals surface area (Å²) in [5.41, 5.74) is 5.49. The molecule has 7 heteroatoms. The standard InChI is InChI=1S/C12H14F3NO3/c1-18-9-4-2-8(3-5-9)7-19-10(11(16)17)6-12(13,14)15/h2-5,10H,6-7H2,1H3,(H2,16,17). The molecule has 0 aromatic heterocycles. The number of carbonyl (C=O) groups is 1. The molecular formula is C12H14F3NO3. The Morgan fingerprint density at radius 1 is 1.32 bits per heavy atom. The van der Waals surface area contributed by atoms with Gasteiger partial charge in [0.05, 0.1) is 20.1 Å². The van der Waals surface area contributed by atoms with Crippen molar-refractivity contribution >= 4 is 5.91 Å². The van der Waals surface area contributed by atoms with Crippen LogP contribution in [0.25, 0.3) is 0 Å². The molecule has 1 atom stereocenters. The van der Waals surface area contributed by atoms with Gasteiger partial charge in [-0.05, 0) is 17.7 Å². The number of alkyl halides is 3. The van der Waals surface area contributed by atoms with Crippen LogP contribution in [0.3, 0.4) is 0 Å². The number of hydrogen-bond donors (Lipinski definition) is 1. The van der Waals surface area contributed by atoms with Gasteiger partial charge in [-0.3, -0.25) is 4.79 Å². The quantitative estimate of drug-likeness (QED) is 0.865. The molecule has 1 aromatic carbocycles. The Hall–Kier alpha value is -1.76. The van der Waals surface area contributed by atoms with Gasteiger partial charge in [0.15, 0.2) is 0 Å². The van der Waals surface area contributed by atoms with Crippen LogP contribution < -0.4 is 10.5 Å². The largest absolute Gasteiger partial charge is 0.497 e. The first-order valence-electron chi connectivity index (χ1n) is 5.42. The Bertz CT molecular complexity index is 417. The maximum absolute atomic E-state index is 12.2. The van der Waals surface area contributed by atoms with Gasteiger partial charge in [-0.1, -0.05) is 12.1 Å².